The van der Waals surface area contributed by atoms with Crippen molar-refractivity contribution >= 4 is 40.7 Å². The molecule has 10 heteroatoms. The second-order valence-corrected chi connectivity index (χ2v) is 9.44. The van der Waals surface area contributed by atoms with Gasteiger partial charge in [0, 0.05) is 21.7 Å². The predicted octanol–water partition coefficient (Wildman–Crippen LogP) is 5.05. The third-order valence-electron chi connectivity index (χ3n) is 7.18. The fourth-order valence-corrected chi connectivity index (χ4v) is 5.89. The molecule has 0 N–H and O–H groups in total. The molecule has 6 rings (SSSR count). The zero-order chi connectivity index (χ0) is 26.3. The number of fused-ring (bicyclic) bond motifs is 3. The van der Waals surface area contributed by atoms with Gasteiger partial charge in [0.25, 0.3) is 0 Å². The van der Waals surface area contributed by atoms with E-state index in [-0.39, 0.29) is 21.7 Å². The maximum atomic E-state index is 13.9. The van der Waals surface area contributed by atoms with Crippen LogP contribution in [0.5, 0.6) is 0 Å². The Kier molecular flexibility index (Phi) is 4.99. The van der Waals surface area contributed by atoms with Gasteiger partial charge in [-0.2, -0.15) is 13.2 Å². The van der Waals surface area contributed by atoms with E-state index < -0.39 is 64.3 Å². The first-order valence-corrected chi connectivity index (χ1v) is 11.6. The SMILES string of the molecule is O=C1[C@H]2[C@@H](c3ccccc3Cl)OC3(C(=O)c4ccccc4C3=O)[C@@H]2C(=O)N1c1ccccc1C(F)(F)F. The van der Waals surface area contributed by atoms with Crippen LogP contribution in [0.25, 0.3) is 0 Å². The molecule has 2 aliphatic heterocycles. The number of para-hydroxylation sites is 1. The Hall–Kier alpha value is -3.82. The highest BCUT2D eigenvalue weighted by molar-refractivity contribution is 6.37. The summed E-state index contributed by atoms with van der Waals surface area (Å²) in [6.45, 7) is 0. The molecule has 0 aromatic heterocycles. The van der Waals surface area contributed by atoms with Crippen molar-refractivity contribution in [3.8, 4) is 0 Å². The van der Waals surface area contributed by atoms with Crippen molar-refractivity contribution < 1.29 is 37.1 Å². The number of Topliss-reactive ketones (excluding diaryl/α,β-unsaturated/α-hetero) is 2. The first kappa shape index (κ1) is 23.6. The molecule has 6 nitrogen and oxygen atoms in total. The number of hydrogen-bond acceptors (Lipinski definition) is 5. The summed E-state index contributed by atoms with van der Waals surface area (Å²) in [7, 11) is 0. The summed E-state index contributed by atoms with van der Waals surface area (Å²) in [6, 6.07) is 16.3. The van der Waals surface area contributed by atoms with Gasteiger partial charge in [-0.15, -0.1) is 0 Å². The highest BCUT2D eigenvalue weighted by atomic mass is 35.5. The fraction of sp³-hybridized carbons (Fsp3) is 0.185. The lowest BCUT2D eigenvalue weighted by molar-refractivity contribution is -0.137. The van der Waals surface area contributed by atoms with Gasteiger partial charge in [0.15, 0.2) is 0 Å². The van der Waals surface area contributed by atoms with Crippen molar-refractivity contribution in [3.63, 3.8) is 0 Å². The molecule has 2 amide bonds. The van der Waals surface area contributed by atoms with Gasteiger partial charge in [0.05, 0.1) is 29.2 Å². The predicted molar refractivity (Wildman–Crippen MR) is 124 cm³/mol. The number of nitrogens with zero attached hydrogens (tertiary/aromatic N) is 1. The summed E-state index contributed by atoms with van der Waals surface area (Å²) in [5.41, 5.74) is -4.02. The van der Waals surface area contributed by atoms with E-state index in [0.29, 0.717) is 4.90 Å². The summed E-state index contributed by atoms with van der Waals surface area (Å²) in [4.78, 5) is 55.5. The summed E-state index contributed by atoms with van der Waals surface area (Å²) in [5, 5.41) is 0.146. The summed E-state index contributed by atoms with van der Waals surface area (Å²) in [6.07, 6.45) is -6.21. The first-order chi connectivity index (χ1) is 17.6. The first-order valence-electron chi connectivity index (χ1n) is 11.2. The molecule has 2 heterocycles. The Labute approximate surface area is 212 Å². The van der Waals surface area contributed by atoms with E-state index >= 15 is 0 Å². The topological polar surface area (TPSA) is 80.8 Å². The summed E-state index contributed by atoms with van der Waals surface area (Å²) in [5.74, 6) is -6.90. The molecule has 3 aromatic rings. The zero-order valence-corrected chi connectivity index (χ0v) is 19.4. The van der Waals surface area contributed by atoms with Crippen molar-refractivity contribution in [3.05, 3.63) is 100 Å². The quantitative estimate of drug-likeness (QED) is 0.345. The van der Waals surface area contributed by atoms with Crippen LogP contribution in [-0.2, 0) is 20.5 Å². The van der Waals surface area contributed by atoms with E-state index in [1.54, 1.807) is 12.1 Å². The smallest absolute Gasteiger partial charge is 0.349 e. The lowest BCUT2D eigenvalue weighted by atomic mass is 9.77. The molecule has 3 aliphatic rings. The number of hydrogen-bond donors (Lipinski definition) is 0. The van der Waals surface area contributed by atoms with Gasteiger partial charge in [-0.1, -0.05) is 66.2 Å². The lowest BCUT2D eigenvalue weighted by Gasteiger charge is -2.28. The number of alkyl halides is 3. The molecule has 0 bridgehead atoms. The third-order valence-corrected chi connectivity index (χ3v) is 7.53. The molecule has 1 spiro atoms. The lowest BCUT2D eigenvalue weighted by Crippen LogP contribution is -2.51. The van der Waals surface area contributed by atoms with Gasteiger partial charge < -0.3 is 4.74 Å². The number of rotatable bonds is 2. The number of ketones is 2. The van der Waals surface area contributed by atoms with Crippen LogP contribution in [0.3, 0.4) is 0 Å². The molecule has 3 atom stereocenters. The van der Waals surface area contributed by atoms with Gasteiger partial charge in [-0.3, -0.25) is 19.2 Å². The Morgan fingerprint density at radius 3 is 1.97 bits per heavy atom. The molecule has 1 aliphatic carbocycles. The van der Waals surface area contributed by atoms with E-state index in [1.165, 1.54) is 42.5 Å². The highest BCUT2D eigenvalue weighted by Crippen LogP contribution is 2.58. The molecule has 2 fully saturated rings. The minimum Gasteiger partial charge on any atom is -0.349 e. The molecule has 0 radical (unpaired) electrons. The number of ether oxygens (including phenoxy) is 1. The third kappa shape index (κ3) is 3.04. The van der Waals surface area contributed by atoms with Gasteiger partial charge in [0.1, 0.15) is 0 Å². The van der Waals surface area contributed by atoms with Crippen molar-refractivity contribution in [1.82, 2.24) is 0 Å². The van der Waals surface area contributed by atoms with Crippen LogP contribution in [0.15, 0.2) is 72.8 Å². The van der Waals surface area contributed by atoms with Gasteiger partial charge in [0.2, 0.25) is 29.0 Å². The van der Waals surface area contributed by atoms with E-state index in [4.69, 9.17) is 16.3 Å². The van der Waals surface area contributed by atoms with E-state index in [1.807, 2.05) is 0 Å². The monoisotopic (exact) mass is 525 g/mol. The van der Waals surface area contributed by atoms with Crippen LogP contribution in [-0.4, -0.2) is 29.0 Å². The Morgan fingerprint density at radius 1 is 0.784 bits per heavy atom. The summed E-state index contributed by atoms with van der Waals surface area (Å²) >= 11 is 6.37. The number of imide groups is 1. The standard InChI is InChI=1S/C27H15ClF3NO5/c28-17-11-5-3-9-15(17)21-19-20(26(37-21)22(33)13-7-1-2-8-14(13)23(26)34)25(36)32(24(19)35)18-12-6-4-10-16(18)27(29,30)31/h1-12,19-21H/t19-,20+,21-/m1/s1. The van der Waals surface area contributed by atoms with Gasteiger partial charge in [-0.25, -0.2) is 4.90 Å². The van der Waals surface area contributed by atoms with Crippen LogP contribution >= 0.6 is 11.6 Å². The zero-order valence-electron chi connectivity index (χ0n) is 18.7. The molecule has 3 aromatic carbocycles. The van der Waals surface area contributed by atoms with Crippen LogP contribution in [0.4, 0.5) is 18.9 Å². The maximum absolute atomic E-state index is 13.9. The second-order valence-electron chi connectivity index (χ2n) is 9.03. The fourth-order valence-electron chi connectivity index (χ4n) is 5.65. The Balaban J connectivity index is 1.58. The number of carbonyl (C=O) groups is 4. The van der Waals surface area contributed by atoms with Crippen molar-refractivity contribution in [2.75, 3.05) is 4.90 Å². The van der Waals surface area contributed by atoms with Crippen molar-refractivity contribution in [1.29, 1.82) is 0 Å². The van der Waals surface area contributed by atoms with E-state index in [9.17, 15) is 32.3 Å². The molecule has 0 unspecified atom stereocenters. The average molecular weight is 526 g/mol. The van der Waals surface area contributed by atoms with E-state index in [0.717, 1.165) is 18.2 Å². The minimum absolute atomic E-state index is 0.0143. The van der Waals surface area contributed by atoms with Crippen LogP contribution in [0, 0.1) is 11.8 Å². The molecular formula is C27H15ClF3NO5. The second kappa shape index (κ2) is 7.84. The number of amides is 2. The van der Waals surface area contributed by atoms with Crippen molar-refractivity contribution in [2.45, 2.75) is 17.9 Å². The van der Waals surface area contributed by atoms with Crippen LogP contribution in [0.1, 0.15) is 37.9 Å². The average Bonchev–Trinajstić information content (AvgIpc) is 3.44. The van der Waals surface area contributed by atoms with Crippen molar-refractivity contribution in [2.24, 2.45) is 11.8 Å². The minimum atomic E-state index is -4.87. The number of halogens is 4. The molecule has 186 valence electrons. The normalized spacial score (nSPS) is 24.2. The maximum Gasteiger partial charge on any atom is 0.418 e. The molecule has 0 saturated carbocycles. The van der Waals surface area contributed by atoms with Gasteiger partial charge >= 0.3 is 6.18 Å². The van der Waals surface area contributed by atoms with Gasteiger partial charge in [-0.05, 0) is 18.2 Å². The van der Waals surface area contributed by atoms with Crippen LogP contribution < -0.4 is 4.90 Å². The number of anilines is 1. The number of benzene rings is 3. The Bertz CT molecular complexity index is 1500. The largest absolute Gasteiger partial charge is 0.418 e. The highest BCUT2D eigenvalue weighted by Gasteiger charge is 2.75. The summed E-state index contributed by atoms with van der Waals surface area (Å²) < 4.78 is 47.6. The number of carbonyl (C=O) groups excluding carboxylic acids is 4. The van der Waals surface area contributed by atoms with E-state index in [2.05, 4.69) is 0 Å². The molecule has 37 heavy (non-hydrogen) atoms. The molecular weight excluding hydrogens is 511 g/mol. The molecule has 2 saturated heterocycles. The van der Waals surface area contributed by atoms with Crippen LogP contribution in [0.2, 0.25) is 5.02 Å². The Morgan fingerprint density at radius 2 is 1.35 bits per heavy atom.